The predicted octanol–water partition coefficient (Wildman–Crippen LogP) is 3.37. The average Bonchev–Trinajstić information content (AvgIpc) is 2.81. The largest absolute Gasteiger partial charge is 0.487 e. The quantitative estimate of drug-likeness (QED) is 0.861. The van der Waals surface area contributed by atoms with Crippen molar-refractivity contribution in [2.24, 2.45) is 11.7 Å². The number of benzene rings is 1. The highest BCUT2D eigenvalue weighted by atomic mass is 35.5. The Bertz CT molecular complexity index is 726. The van der Waals surface area contributed by atoms with Crippen LogP contribution in [0.1, 0.15) is 36.1 Å². The van der Waals surface area contributed by atoms with Gasteiger partial charge in [0.25, 0.3) is 0 Å². The molecule has 2 aliphatic heterocycles. The second-order valence-electron chi connectivity index (χ2n) is 6.73. The summed E-state index contributed by atoms with van der Waals surface area (Å²) in [7, 11) is 0. The minimum Gasteiger partial charge on any atom is -0.487 e. The van der Waals surface area contributed by atoms with Gasteiger partial charge in [0, 0.05) is 25.1 Å². The fourth-order valence-corrected chi connectivity index (χ4v) is 3.87. The number of aromatic nitrogens is 2. The number of rotatable bonds is 3. The van der Waals surface area contributed by atoms with E-state index < -0.39 is 0 Å². The highest BCUT2D eigenvalue weighted by Crippen LogP contribution is 2.33. The third-order valence-electron chi connectivity index (χ3n) is 5.11. The molecular formula is C19H26Cl2N4O. The molecule has 1 aromatic carbocycles. The van der Waals surface area contributed by atoms with Crippen LogP contribution in [-0.4, -0.2) is 29.6 Å². The van der Waals surface area contributed by atoms with Crippen molar-refractivity contribution in [3.8, 4) is 5.75 Å². The van der Waals surface area contributed by atoms with Crippen molar-refractivity contribution in [2.45, 2.75) is 32.3 Å². The van der Waals surface area contributed by atoms with Crippen molar-refractivity contribution in [1.82, 2.24) is 9.97 Å². The van der Waals surface area contributed by atoms with Crippen LogP contribution in [0.4, 0.5) is 5.82 Å². The maximum Gasteiger partial charge on any atom is 0.135 e. The SMILES string of the molecule is Cl.Cl.NCCC1CCCN(c2ncnc3c2Cc2ccccc2OC3)C1. The highest BCUT2D eigenvalue weighted by Gasteiger charge is 2.25. The number of anilines is 1. The van der Waals surface area contributed by atoms with E-state index in [0.717, 1.165) is 49.7 Å². The lowest BCUT2D eigenvalue weighted by Gasteiger charge is -2.34. The van der Waals surface area contributed by atoms with Gasteiger partial charge in [-0.15, -0.1) is 24.8 Å². The predicted molar refractivity (Wildman–Crippen MR) is 109 cm³/mol. The lowest BCUT2D eigenvalue weighted by Crippen LogP contribution is -2.37. The minimum atomic E-state index is 0. The molecule has 0 bridgehead atoms. The molecule has 0 spiro atoms. The molecule has 4 rings (SSSR count). The third-order valence-corrected chi connectivity index (χ3v) is 5.11. The van der Waals surface area contributed by atoms with Crippen LogP contribution in [0.5, 0.6) is 5.75 Å². The molecule has 1 atom stereocenters. The first-order valence-electron chi connectivity index (χ1n) is 8.83. The van der Waals surface area contributed by atoms with Gasteiger partial charge in [0.1, 0.15) is 24.5 Å². The zero-order valence-corrected chi connectivity index (χ0v) is 16.4. The first-order valence-corrected chi connectivity index (χ1v) is 8.83. The van der Waals surface area contributed by atoms with Crippen molar-refractivity contribution in [1.29, 1.82) is 0 Å². The number of nitrogens with zero attached hydrogens (tertiary/aromatic N) is 3. The molecule has 2 aromatic rings. The van der Waals surface area contributed by atoms with Gasteiger partial charge in [0.2, 0.25) is 0 Å². The number of halogens is 2. The maximum absolute atomic E-state index is 5.95. The Morgan fingerprint density at radius 2 is 2.04 bits per heavy atom. The molecular weight excluding hydrogens is 371 g/mol. The molecule has 7 heteroatoms. The molecule has 5 nitrogen and oxygen atoms in total. The van der Waals surface area contributed by atoms with Gasteiger partial charge in [-0.1, -0.05) is 18.2 Å². The summed E-state index contributed by atoms with van der Waals surface area (Å²) in [5, 5.41) is 0. The molecule has 26 heavy (non-hydrogen) atoms. The summed E-state index contributed by atoms with van der Waals surface area (Å²) >= 11 is 0. The first kappa shape index (κ1) is 20.7. The molecule has 0 amide bonds. The number of ether oxygens (including phenoxy) is 1. The van der Waals surface area contributed by atoms with Crippen LogP contribution in [0.2, 0.25) is 0 Å². The smallest absolute Gasteiger partial charge is 0.135 e. The van der Waals surface area contributed by atoms with E-state index in [9.17, 15) is 0 Å². The summed E-state index contributed by atoms with van der Waals surface area (Å²) in [4.78, 5) is 11.6. The van der Waals surface area contributed by atoms with Crippen LogP contribution in [0.15, 0.2) is 30.6 Å². The van der Waals surface area contributed by atoms with E-state index in [2.05, 4.69) is 27.0 Å². The van der Waals surface area contributed by atoms with Gasteiger partial charge in [-0.05, 0) is 43.4 Å². The van der Waals surface area contributed by atoms with Crippen LogP contribution >= 0.6 is 24.8 Å². The van der Waals surface area contributed by atoms with E-state index in [4.69, 9.17) is 10.5 Å². The summed E-state index contributed by atoms with van der Waals surface area (Å²) in [5.41, 5.74) is 9.21. The monoisotopic (exact) mass is 396 g/mol. The fourth-order valence-electron chi connectivity index (χ4n) is 3.87. The average molecular weight is 397 g/mol. The van der Waals surface area contributed by atoms with Crippen molar-refractivity contribution in [2.75, 3.05) is 24.5 Å². The number of hydrogen-bond donors (Lipinski definition) is 1. The molecule has 142 valence electrons. The topological polar surface area (TPSA) is 64.3 Å². The summed E-state index contributed by atoms with van der Waals surface area (Å²) in [6.45, 7) is 3.39. The highest BCUT2D eigenvalue weighted by molar-refractivity contribution is 5.85. The summed E-state index contributed by atoms with van der Waals surface area (Å²) in [6, 6.07) is 8.25. The van der Waals surface area contributed by atoms with E-state index >= 15 is 0 Å². The summed E-state index contributed by atoms with van der Waals surface area (Å²) < 4.78 is 5.95. The van der Waals surface area contributed by atoms with Gasteiger partial charge < -0.3 is 15.4 Å². The van der Waals surface area contributed by atoms with Crippen LogP contribution < -0.4 is 15.4 Å². The number of fused-ring (bicyclic) bond motifs is 2. The molecule has 2 N–H and O–H groups in total. The van der Waals surface area contributed by atoms with E-state index in [0.29, 0.717) is 12.5 Å². The van der Waals surface area contributed by atoms with Crippen LogP contribution in [0.3, 0.4) is 0 Å². The standard InChI is InChI=1S/C19H24N4O.2ClH/c20-8-7-14-4-3-9-23(11-14)19-16-10-15-5-1-2-6-18(15)24-12-17(16)21-13-22-19;;/h1-2,5-6,13-14H,3-4,7-12,20H2;2*1H. The van der Waals surface area contributed by atoms with Crippen LogP contribution in [0, 0.1) is 5.92 Å². The minimum absolute atomic E-state index is 0. The second kappa shape index (κ2) is 9.40. The van der Waals surface area contributed by atoms with Gasteiger partial charge in [0.05, 0.1) is 5.69 Å². The molecule has 1 fully saturated rings. The Kier molecular flexibility index (Phi) is 7.50. The lowest BCUT2D eigenvalue weighted by atomic mass is 9.94. The van der Waals surface area contributed by atoms with Crippen LogP contribution in [0.25, 0.3) is 0 Å². The zero-order valence-electron chi connectivity index (χ0n) is 14.8. The Balaban J connectivity index is 0.00000121. The van der Waals surface area contributed by atoms with Crippen molar-refractivity contribution < 1.29 is 4.74 Å². The summed E-state index contributed by atoms with van der Waals surface area (Å²) in [6.07, 6.45) is 6.08. The molecule has 1 unspecified atom stereocenters. The van der Waals surface area contributed by atoms with Crippen molar-refractivity contribution >= 4 is 30.6 Å². The first-order chi connectivity index (χ1) is 11.8. The van der Waals surface area contributed by atoms with E-state index in [-0.39, 0.29) is 24.8 Å². The molecule has 0 saturated carbocycles. The second-order valence-corrected chi connectivity index (χ2v) is 6.73. The Hall–Kier alpha value is -1.56. The van der Waals surface area contributed by atoms with E-state index in [1.807, 2.05) is 12.1 Å². The zero-order chi connectivity index (χ0) is 16.4. The fraction of sp³-hybridized carbons (Fsp3) is 0.474. The Morgan fingerprint density at radius 1 is 1.19 bits per heavy atom. The number of piperidine rings is 1. The van der Waals surface area contributed by atoms with Gasteiger partial charge in [-0.3, -0.25) is 0 Å². The van der Waals surface area contributed by atoms with Gasteiger partial charge >= 0.3 is 0 Å². The molecule has 2 aliphatic rings. The van der Waals surface area contributed by atoms with Gasteiger partial charge in [-0.2, -0.15) is 0 Å². The number of hydrogen-bond acceptors (Lipinski definition) is 5. The molecule has 0 aliphatic carbocycles. The number of nitrogens with two attached hydrogens (primary N) is 1. The van der Waals surface area contributed by atoms with E-state index in [1.54, 1.807) is 6.33 Å². The van der Waals surface area contributed by atoms with Gasteiger partial charge in [0.15, 0.2) is 0 Å². The number of para-hydroxylation sites is 1. The van der Waals surface area contributed by atoms with Crippen molar-refractivity contribution in [3.63, 3.8) is 0 Å². The van der Waals surface area contributed by atoms with Crippen molar-refractivity contribution in [3.05, 3.63) is 47.4 Å². The molecule has 1 aromatic heterocycles. The Morgan fingerprint density at radius 3 is 2.88 bits per heavy atom. The maximum atomic E-state index is 5.95. The normalized spacial score (nSPS) is 18.3. The van der Waals surface area contributed by atoms with Crippen LogP contribution in [-0.2, 0) is 13.0 Å². The molecule has 1 saturated heterocycles. The van der Waals surface area contributed by atoms with Gasteiger partial charge in [-0.25, -0.2) is 9.97 Å². The Labute approximate surface area is 167 Å². The summed E-state index contributed by atoms with van der Waals surface area (Å²) in [5.74, 6) is 2.71. The third kappa shape index (κ3) is 4.22. The molecule has 0 radical (unpaired) electrons. The van der Waals surface area contributed by atoms with E-state index in [1.165, 1.54) is 24.0 Å². The lowest BCUT2D eigenvalue weighted by molar-refractivity contribution is 0.302. The molecule has 3 heterocycles.